The summed E-state index contributed by atoms with van der Waals surface area (Å²) in [5.74, 6) is -3.70. The van der Waals surface area contributed by atoms with Gasteiger partial charge in [-0.25, -0.2) is 9.59 Å². The van der Waals surface area contributed by atoms with Crippen LogP contribution in [0.25, 0.3) is 0 Å². The zero-order valence-electron chi connectivity index (χ0n) is 8.28. The number of hydrogen-bond donors (Lipinski definition) is 4. The second-order valence-electron chi connectivity index (χ2n) is 2.68. The number of alkyl halides is 3. The van der Waals surface area contributed by atoms with Gasteiger partial charge in [0, 0.05) is 18.4 Å². The van der Waals surface area contributed by atoms with Crippen molar-refractivity contribution in [3.8, 4) is 0 Å². The van der Waals surface area contributed by atoms with Crippen molar-refractivity contribution in [2.45, 2.75) is 12.7 Å². The third kappa shape index (κ3) is 5.02. The predicted molar refractivity (Wildman–Crippen MR) is 49.3 cm³/mol. The average Bonchev–Trinajstić information content (AvgIpc) is 2.64. The molecule has 1 aromatic heterocycles. The van der Waals surface area contributed by atoms with Crippen molar-refractivity contribution in [1.29, 1.82) is 0 Å². The Labute approximate surface area is 92.9 Å². The number of hydrogen-bond acceptors (Lipinski definition) is 3. The summed E-state index contributed by atoms with van der Waals surface area (Å²) in [4.78, 5) is 22.0. The summed E-state index contributed by atoms with van der Waals surface area (Å²) >= 11 is 0. The summed E-state index contributed by atoms with van der Waals surface area (Å²) in [6.45, 7) is 0.231. The number of aromatic carboxylic acids is 1. The Morgan fingerprint density at radius 1 is 1.35 bits per heavy atom. The number of carbonyl (C=O) groups is 2. The molecule has 1 aromatic rings. The van der Waals surface area contributed by atoms with Crippen LogP contribution in [-0.2, 0) is 11.3 Å². The highest BCUT2D eigenvalue weighted by atomic mass is 19.4. The molecule has 0 saturated heterocycles. The molecule has 0 aliphatic heterocycles. The third-order valence-electron chi connectivity index (χ3n) is 1.51. The van der Waals surface area contributed by atoms with Crippen LogP contribution < -0.4 is 5.73 Å². The third-order valence-corrected chi connectivity index (χ3v) is 1.51. The summed E-state index contributed by atoms with van der Waals surface area (Å²) in [5, 5.41) is 15.6. The Bertz CT molecular complexity index is 400. The number of nitrogens with two attached hydrogens (primary N) is 1. The van der Waals surface area contributed by atoms with Gasteiger partial charge in [0.25, 0.3) is 0 Å². The first-order valence-electron chi connectivity index (χ1n) is 4.09. The minimum Gasteiger partial charge on any atom is -0.478 e. The molecule has 0 spiro atoms. The first-order valence-corrected chi connectivity index (χ1v) is 4.09. The van der Waals surface area contributed by atoms with Gasteiger partial charge in [-0.3, -0.25) is 0 Å². The lowest BCUT2D eigenvalue weighted by molar-refractivity contribution is -0.192. The van der Waals surface area contributed by atoms with E-state index in [4.69, 9.17) is 20.7 Å². The van der Waals surface area contributed by atoms with Crippen LogP contribution in [0.1, 0.15) is 16.1 Å². The molecule has 96 valence electrons. The van der Waals surface area contributed by atoms with Crippen LogP contribution in [0.4, 0.5) is 13.2 Å². The molecular weight excluding hydrogens is 245 g/mol. The molecule has 6 nitrogen and oxygen atoms in total. The fourth-order valence-corrected chi connectivity index (χ4v) is 0.773. The van der Waals surface area contributed by atoms with Crippen molar-refractivity contribution in [3.63, 3.8) is 0 Å². The molecule has 0 bridgehead atoms. The van der Waals surface area contributed by atoms with Gasteiger partial charge in [-0.15, -0.1) is 0 Å². The quantitative estimate of drug-likeness (QED) is 0.623. The molecule has 9 heteroatoms. The van der Waals surface area contributed by atoms with Crippen LogP contribution in [-0.4, -0.2) is 33.3 Å². The minimum absolute atomic E-state index is 0.231. The van der Waals surface area contributed by atoms with Gasteiger partial charge in [-0.05, 0) is 6.07 Å². The van der Waals surface area contributed by atoms with Gasteiger partial charge in [0.2, 0.25) is 0 Å². The maximum absolute atomic E-state index is 10.6. The summed E-state index contributed by atoms with van der Waals surface area (Å²) in [6, 6.07) is 1.49. The van der Waals surface area contributed by atoms with Gasteiger partial charge in [-0.2, -0.15) is 13.2 Å². The van der Waals surface area contributed by atoms with Gasteiger partial charge in [0.15, 0.2) is 0 Å². The Kier molecular flexibility index (Phi) is 5.19. The van der Waals surface area contributed by atoms with Gasteiger partial charge < -0.3 is 20.9 Å². The molecule has 0 aromatic carbocycles. The van der Waals surface area contributed by atoms with E-state index >= 15 is 0 Å². The highest BCUT2D eigenvalue weighted by Crippen LogP contribution is 2.13. The van der Waals surface area contributed by atoms with Crippen molar-refractivity contribution in [3.05, 3.63) is 23.5 Å². The molecule has 0 fully saturated rings. The van der Waals surface area contributed by atoms with E-state index in [9.17, 15) is 18.0 Å². The summed E-state index contributed by atoms with van der Waals surface area (Å²) < 4.78 is 31.7. The Morgan fingerprint density at radius 3 is 2.06 bits per heavy atom. The van der Waals surface area contributed by atoms with Crippen LogP contribution in [0, 0.1) is 0 Å². The first kappa shape index (κ1) is 15.0. The molecule has 0 amide bonds. The molecule has 1 rings (SSSR count). The summed E-state index contributed by atoms with van der Waals surface area (Å²) in [7, 11) is 0. The number of carboxylic acids is 2. The molecule has 0 aliphatic carbocycles. The van der Waals surface area contributed by atoms with Gasteiger partial charge in [-0.1, -0.05) is 0 Å². The number of aromatic nitrogens is 1. The topological polar surface area (TPSA) is 116 Å². The highest BCUT2D eigenvalue weighted by Gasteiger charge is 2.38. The van der Waals surface area contributed by atoms with Gasteiger partial charge >= 0.3 is 18.1 Å². The maximum Gasteiger partial charge on any atom is 0.490 e. The van der Waals surface area contributed by atoms with E-state index < -0.39 is 18.1 Å². The molecule has 0 atom stereocenters. The number of H-pyrrole nitrogens is 1. The van der Waals surface area contributed by atoms with Crippen molar-refractivity contribution < 1.29 is 33.0 Å². The summed E-state index contributed by atoms with van der Waals surface area (Å²) in [5.41, 5.74) is 6.05. The zero-order valence-corrected chi connectivity index (χ0v) is 8.28. The molecule has 5 N–H and O–H groups in total. The number of carboxylic acid groups (broad SMARTS) is 2. The van der Waals surface area contributed by atoms with E-state index in [0.717, 1.165) is 0 Å². The van der Waals surface area contributed by atoms with E-state index in [1.807, 2.05) is 0 Å². The smallest absolute Gasteiger partial charge is 0.478 e. The lowest BCUT2D eigenvalue weighted by Crippen LogP contribution is -2.21. The summed E-state index contributed by atoms with van der Waals surface area (Å²) in [6.07, 6.45) is -3.52. The average molecular weight is 254 g/mol. The monoisotopic (exact) mass is 254 g/mol. The molecule has 0 radical (unpaired) electrons. The fraction of sp³-hybridized carbons (Fsp3) is 0.250. The van der Waals surface area contributed by atoms with Gasteiger partial charge in [0.1, 0.15) is 0 Å². The van der Waals surface area contributed by atoms with Crippen LogP contribution in [0.15, 0.2) is 12.3 Å². The lowest BCUT2D eigenvalue weighted by Gasteiger charge is -1.93. The molecule has 0 aliphatic rings. The highest BCUT2D eigenvalue weighted by molar-refractivity contribution is 5.88. The Hall–Kier alpha value is -2.03. The molecule has 0 unspecified atom stereocenters. The van der Waals surface area contributed by atoms with Crippen LogP contribution in [0.5, 0.6) is 0 Å². The lowest BCUT2D eigenvalue weighted by atomic mass is 10.2. The molecular formula is C8H9F3N2O4. The standard InChI is InChI=1S/C6H8N2O2.C2HF3O2/c7-3-5-4(6(9)10)1-2-8-5;3-2(4,5)1(6)7/h1-2,8H,3,7H2,(H,9,10);(H,6,7). The first-order chi connectivity index (χ1) is 7.70. The van der Waals surface area contributed by atoms with Crippen molar-refractivity contribution in [1.82, 2.24) is 4.98 Å². The molecule has 17 heavy (non-hydrogen) atoms. The number of nitrogens with one attached hydrogen (secondary N) is 1. The Balaban J connectivity index is 0.000000325. The number of aromatic amines is 1. The molecule has 1 heterocycles. The fourth-order valence-electron chi connectivity index (χ4n) is 0.773. The normalized spacial score (nSPS) is 10.4. The second kappa shape index (κ2) is 5.89. The van der Waals surface area contributed by atoms with Crippen molar-refractivity contribution in [2.75, 3.05) is 0 Å². The predicted octanol–water partition coefficient (Wildman–Crippen LogP) is 0.805. The SMILES string of the molecule is NCc1[nH]ccc1C(=O)O.O=C(O)C(F)(F)F. The molecule has 0 saturated carbocycles. The van der Waals surface area contributed by atoms with E-state index in [1.165, 1.54) is 6.07 Å². The van der Waals surface area contributed by atoms with E-state index in [1.54, 1.807) is 6.20 Å². The number of halogens is 3. The Morgan fingerprint density at radius 2 is 1.82 bits per heavy atom. The minimum atomic E-state index is -5.08. The number of rotatable bonds is 2. The van der Waals surface area contributed by atoms with E-state index in [0.29, 0.717) is 5.69 Å². The van der Waals surface area contributed by atoms with Gasteiger partial charge in [0.05, 0.1) is 5.56 Å². The number of aliphatic carboxylic acids is 1. The second-order valence-corrected chi connectivity index (χ2v) is 2.68. The maximum atomic E-state index is 10.6. The van der Waals surface area contributed by atoms with Crippen LogP contribution >= 0.6 is 0 Å². The largest absolute Gasteiger partial charge is 0.490 e. The van der Waals surface area contributed by atoms with E-state index in [2.05, 4.69) is 4.98 Å². The van der Waals surface area contributed by atoms with Crippen molar-refractivity contribution in [2.24, 2.45) is 5.73 Å². The zero-order chi connectivity index (χ0) is 13.6. The van der Waals surface area contributed by atoms with Crippen LogP contribution in [0.3, 0.4) is 0 Å². The van der Waals surface area contributed by atoms with Crippen molar-refractivity contribution >= 4 is 11.9 Å². The van der Waals surface area contributed by atoms with Crippen LogP contribution in [0.2, 0.25) is 0 Å². The van der Waals surface area contributed by atoms with E-state index in [-0.39, 0.29) is 12.1 Å².